The number of aromatic hydroxyl groups is 1. The second-order valence-corrected chi connectivity index (χ2v) is 4.67. The van der Waals surface area contributed by atoms with Crippen LogP contribution >= 0.6 is 0 Å². The topological polar surface area (TPSA) is 37.3 Å². The van der Waals surface area contributed by atoms with Crippen molar-refractivity contribution in [3.8, 4) is 5.75 Å². The maximum atomic E-state index is 11.7. The Hall–Kier alpha value is -1.31. The molecule has 14 heavy (non-hydrogen) atoms. The van der Waals surface area contributed by atoms with Crippen molar-refractivity contribution in [3.05, 3.63) is 28.8 Å². The predicted molar refractivity (Wildman–Crippen MR) is 54.8 cm³/mol. The Kier molecular flexibility index (Phi) is 1.71. The summed E-state index contributed by atoms with van der Waals surface area (Å²) in [5.74, 6) is 0.472. The minimum atomic E-state index is -0.127. The summed E-state index contributed by atoms with van der Waals surface area (Å²) in [6, 6.07) is 3.53. The Labute approximate surface area is 83.6 Å². The van der Waals surface area contributed by atoms with Crippen LogP contribution in [0.15, 0.2) is 12.1 Å². The lowest BCUT2D eigenvalue weighted by atomic mass is 9.86. The van der Waals surface area contributed by atoms with Crippen molar-refractivity contribution in [3.63, 3.8) is 0 Å². The van der Waals surface area contributed by atoms with Gasteiger partial charge in [0.1, 0.15) is 5.75 Å². The minimum absolute atomic E-state index is 0.127. The Morgan fingerprint density at radius 2 is 2.00 bits per heavy atom. The normalized spacial score (nSPS) is 18.4. The molecule has 0 saturated carbocycles. The molecule has 1 aliphatic carbocycles. The van der Waals surface area contributed by atoms with E-state index >= 15 is 0 Å². The lowest BCUT2D eigenvalue weighted by Crippen LogP contribution is -2.12. The molecule has 2 rings (SSSR count). The predicted octanol–water partition coefficient (Wildman–Crippen LogP) is 2.56. The molecule has 0 unspecified atom stereocenters. The van der Waals surface area contributed by atoms with E-state index in [1.54, 1.807) is 12.1 Å². The number of benzene rings is 1. The van der Waals surface area contributed by atoms with Gasteiger partial charge in [-0.2, -0.15) is 0 Å². The average Bonchev–Trinajstić information content (AvgIpc) is 2.26. The van der Waals surface area contributed by atoms with Crippen molar-refractivity contribution in [2.24, 2.45) is 0 Å². The standard InChI is InChI=1S/C12H14O2/c1-7-4-8-9(5-10(7)13)12(2,3)6-11(8)14/h4-5,13H,6H2,1-3H3. The molecule has 2 heteroatoms. The second kappa shape index (κ2) is 2.59. The SMILES string of the molecule is Cc1cc2c(cc1O)C(C)(C)CC2=O. The van der Waals surface area contributed by atoms with Crippen LogP contribution in [-0.2, 0) is 5.41 Å². The highest BCUT2D eigenvalue weighted by Crippen LogP contribution is 2.40. The monoisotopic (exact) mass is 190 g/mol. The van der Waals surface area contributed by atoms with Gasteiger partial charge >= 0.3 is 0 Å². The summed E-state index contributed by atoms with van der Waals surface area (Å²) in [4.78, 5) is 11.7. The molecule has 0 amide bonds. The summed E-state index contributed by atoms with van der Waals surface area (Å²) in [6.45, 7) is 5.88. The first-order valence-corrected chi connectivity index (χ1v) is 4.79. The van der Waals surface area contributed by atoms with E-state index in [2.05, 4.69) is 0 Å². The molecule has 1 aromatic rings. The lowest BCUT2D eigenvalue weighted by molar-refractivity contribution is 0.0979. The van der Waals surface area contributed by atoms with Crippen molar-refractivity contribution in [1.29, 1.82) is 0 Å². The quantitative estimate of drug-likeness (QED) is 0.682. The van der Waals surface area contributed by atoms with E-state index in [0.29, 0.717) is 6.42 Å². The maximum Gasteiger partial charge on any atom is 0.164 e. The van der Waals surface area contributed by atoms with Crippen molar-refractivity contribution < 1.29 is 9.90 Å². The first-order chi connectivity index (χ1) is 6.42. The molecule has 2 nitrogen and oxygen atoms in total. The third-order valence-electron chi connectivity index (χ3n) is 2.97. The van der Waals surface area contributed by atoms with Gasteiger partial charge in [-0.05, 0) is 35.6 Å². The summed E-state index contributed by atoms with van der Waals surface area (Å²) in [7, 11) is 0. The maximum absolute atomic E-state index is 11.7. The van der Waals surface area contributed by atoms with Crippen LogP contribution in [0, 0.1) is 6.92 Å². The van der Waals surface area contributed by atoms with Gasteiger partial charge in [0.05, 0.1) is 0 Å². The van der Waals surface area contributed by atoms with Gasteiger partial charge in [-0.1, -0.05) is 13.8 Å². The Balaban J connectivity index is 2.70. The summed E-state index contributed by atoms with van der Waals surface area (Å²) < 4.78 is 0. The summed E-state index contributed by atoms with van der Waals surface area (Å²) in [5, 5.41) is 9.59. The number of rotatable bonds is 0. The number of Topliss-reactive ketones (excluding diaryl/α,β-unsaturated/α-hetero) is 1. The Bertz CT molecular complexity index is 417. The number of carbonyl (C=O) groups is 1. The Morgan fingerprint density at radius 3 is 2.64 bits per heavy atom. The Morgan fingerprint density at radius 1 is 1.36 bits per heavy atom. The van der Waals surface area contributed by atoms with Gasteiger partial charge in [-0.3, -0.25) is 4.79 Å². The van der Waals surface area contributed by atoms with E-state index in [1.165, 1.54) is 0 Å². The largest absolute Gasteiger partial charge is 0.508 e. The second-order valence-electron chi connectivity index (χ2n) is 4.67. The molecule has 0 saturated heterocycles. The van der Waals surface area contributed by atoms with Gasteiger partial charge in [0.25, 0.3) is 0 Å². The van der Waals surface area contributed by atoms with E-state index in [9.17, 15) is 9.90 Å². The van der Waals surface area contributed by atoms with Gasteiger partial charge in [0.15, 0.2) is 5.78 Å². The molecular formula is C12H14O2. The molecule has 0 fully saturated rings. The minimum Gasteiger partial charge on any atom is -0.508 e. The number of ketones is 1. The first-order valence-electron chi connectivity index (χ1n) is 4.79. The molecule has 0 aromatic heterocycles. The summed E-state index contributed by atoms with van der Waals surface area (Å²) in [5.41, 5.74) is 2.41. The third-order valence-corrected chi connectivity index (χ3v) is 2.97. The van der Waals surface area contributed by atoms with E-state index in [-0.39, 0.29) is 16.9 Å². The van der Waals surface area contributed by atoms with Gasteiger partial charge < -0.3 is 5.11 Å². The zero-order chi connectivity index (χ0) is 10.5. The van der Waals surface area contributed by atoms with E-state index in [0.717, 1.165) is 16.7 Å². The van der Waals surface area contributed by atoms with Crippen LogP contribution in [0.1, 0.15) is 41.8 Å². The number of fused-ring (bicyclic) bond motifs is 1. The molecule has 1 aromatic carbocycles. The summed E-state index contributed by atoms with van der Waals surface area (Å²) >= 11 is 0. The van der Waals surface area contributed by atoms with E-state index in [1.807, 2.05) is 20.8 Å². The zero-order valence-electron chi connectivity index (χ0n) is 8.72. The molecule has 0 heterocycles. The van der Waals surface area contributed by atoms with Crippen LogP contribution < -0.4 is 0 Å². The van der Waals surface area contributed by atoms with Crippen LogP contribution in [0.3, 0.4) is 0 Å². The fourth-order valence-corrected chi connectivity index (χ4v) is 2.08. The molecule has 1 N–H and O–H groups in total. The van der Waals surface area contributed by atoms with Crippen molar-refractivity contribution >= 4 is 5.78 Å². The van der Waals surface area contributed by atoms with E-state index in [4.69, 9.17) is 0 Å². The molecule has 1 aliphatic rings. The highest BCUT2D eigenvalue weighted by atomic mass is 16.3. The number of phenols is 1. The van der Waals surface area contributed by atoms with Crippen LogP contribution in [0.5, 0.6) is 5.75 Å². The molecule has 0 spiro atoms. The van der Waals surface area contributed by atoms with Gasteiger partial charge in [-0.25, -0.2) is 0 Å². The van der Waals surface area contributed by atoms with Crippen LogP contribution in [-0.4, -0.2) is 10.9 Å². The van der Waals surface area contributed by atoms with Crippen LogP contribution in [0.4, 0.5) is 0 Å². The van der Waals surface area contributed by atoms with Crippen molar-refractivity contribution in [2.45, 2.75) is 32.6 Å². The third kappa shape index (κ3) is 1.14. The van der Waals surface area contributed by atoms with Gasteiger partial charge in [-0.15, -0.1) is 0 Å². The first kappa shape index (κ1) is 9.25. The smallest absolute Gasteiger partial charge is 0.164 e. The fourth-order valence-electron chi connectivity index (χ4n) is 2.08. The van der Waals surface area contributed by atoms with Crippen LogP contribution in [0.25, 0.3) is 0 Å². The van der Waals surface area contributed by atoms with Crippen LogP contribution in [0.2, 0.25) is 0 Å². The van der Waals surface area contributed by atoms with Gasteiger partial charge in [0.2, 0.25) is 0 Å². The number of hydrogen-bond acceptors (Lipinski definition) is 2. The molecular weight excluding hydrogens is 176 g/mol. The van der Waals surface area contributed by atoms with Crippen molar-refractivity contribution in [1.82, 2.24) is 0 Å². The number of phenolic OH excluding ortho intramolecular Hbond substituents is 1. The summed E-state index contributed by atoms with van der Waals surface area (Å²) in [6.07, 6.45) is 0.547. The molecule has 0 radical (unpaired) electrons. The number of hydrogen-bond donors (Lipinski definition) is 1. The lowest BCUT2D eigenvalue weighted by Gasteiger charge is -2.17. The van der Waals surface area contributed by atoms with Crippen molar-refractivity contribution in [2.75, 3.05) is 0 Å². The zero-order valence-corrected chi connectivity index (χ0v) is 8.72. The van der Waals surface area contributed by atoms with E-state index < -0.39 is 0 Å². The highest BCUT2D eigenvalue weighted by molar-refractivity contribution is 6.02. The number of carbonyl (C=O) groups excluding carboxylic acids is 1. The molecule has 74 valence electrons. The molecule has 0 atom stereocenters. The fraction of sp³-hybridized carbons (Fsp3) is 0.417. The number of aryl methyl sites for hydroxylation is 1. The highest BCUT2D eigenvalue weighted by Gasteiger charge is 2.36. The average molecular weight is 190 g/mol. The molecule has 0 aliphatic heterocycles. The van der Waals surface area contributed by atoms with Gasteiger partial charge in [0, 0.05) is 12.0 Å². The molecule has 0 bridgehead atoms.